The van der Waals surface area contributed by atoms with Crippen LogP contribution in [0.15, 0.2) is 30.4 Å². The van der Waals surface area contributed by atoms with E-state index in [2.05, 4.69) is 18.8 Å². The number of aryl methyl sites for hydroxylation is 1. The Labute approximate surface area is 119 Å². The highest BCUT2D eigenvalue weighted by Crippen LogP contribution is 2.28. The molecular weight excluding hydrogens is 256 g/mol. The van der Waals surface area contributed by atoms with Crippen molar-refractivity contribution in [3.05, 3.63) is 46.0 Å². The van der Waals surface area contributed by atoms with Gasteiger partial charge in [-0.1, -0.05) is 26.5 Å². The Kier molecular flexibility index (Phi) is 6.73. The number of hydrogen-bond acceptors (Lipinski definition) is 4. The molecule has 0 atom stereocenters. The molecule has 5 heteroatoms. The first-order valence-corrected chi connectivity index (χ1v) is 6.86. The number of nitrogens with zero attached hydrogens (tertiary/aromatic N) is 1. The fourth-order valence-electron chi connectivity index (χ4n) is 1.72. The zero-order valence-corrected chi connectivity index (χ0v) is 12.1. The molecule has 0 fully saturated rings. The van der Waals surface area contributed by atoms with Crippen molar-refractivity contribution in [2.24, 2.45) is 0 Å². The lowest BCUT2D eigenvalue weighted by Gasteiger charge is -2.10. The van der Waals surface area contributed by atoms with Crippen LogP contribution in [-0.4, -0.2) is 24.6 Å². The van der Waals surface area contributed by atoms with E-state index in [1.54, 1.807) is 12.1 Å². The van der Waals surface area contributed by atoms with Gasteiger partial charge in [0.2, 0.25) is 0 Å². The zero-order valence-electron chi connectivity index (χ0n) is 12.1. The summed E-state index contributed by atoms with van der Waals surface area (Å²) in [6, 6.07) is 5.07. The molecule has 0 aromatic heterocycles. The molecule has 1 rings (SSSR count). The maximum Gasteiger partial charge on any atom is 0.311 e. The number of nitro groups is 1. The Hall–Kier alpha value is -1.88. The Bertz CT molecular complexity index is 472. The quantitative estimate of drug-likeness (QED) is 0.326. The molecule has 0 radical (unpaired) electrons. The summed E-state index contributed by atoms with van der Waals surface area (Å²) in [7, 11) is 0. The predicted octanol–water partition coefficient (Wildman–Crippen LogP) is 3.09. The molecule has 110 valence electrons. The topological polar surface area (TPSA) is 64.4 Å². The van der Waals surface area contributed by atoms with Gasteiger partial charge in [-0.2, -0.15) is 0 Å². The summed E-state index contributed by atoms with van der Waals surface area (Å²) in [6.07, 6.45) is 1.81. The predicted molar refractivity (Wildman–Crippen MR) is 80.3 cm³/mol. The van der Waals surface area contributed by atoms with E-state index in [1.165, 1.54) is 0 Å². The van der Waals surface area contributed by atoms with Gasteiger partial charge < -0.3 is 10.1 Å². The van der Waals surface area contributed by atoms with Gasteiger partial charge in [-0.15, -0.1) is 0 Å². The Balaban J connectivity index is 2.63. The average Bonchev–Trinajstić information content (AvgIpc) is 2.45. The van der Waals surface area contributed by atoms with Crippen molar-refractivity contribution in [1.29, 1.82) is 0 Å². The molecule has 20 heavy (non-hydrogen) atoms. The smallest absolute Gasteiger partial charge is 0.311 e. The highest BCUT2D eigenvalue weighted by Gasteiger charge is 2.15. The molecule has 0 amide bonds. The van der Waals surface area contributed by atoms with Gasteiger partial charge in [0.1, 0.15) is 6.61 Å². The monoisotopic (exact) mass is 278 g/mol. The van der Waals surface area contributed by atoms with Crippen LogP contribution in [0.1, 0.15) is 25.8 Å². The van der Waals surface area contributed by atoms with E-state index in [9.17, 15) is 10.1 Å². The summed E-state index contributed by atoms with van der Waals surface area (Å²) < 4.78 is 5.51. The van der Waals surface area contributed by atoms with Gasteiger partial charge in [0.05, 0.1) is 4.92 Å². The molecule has 0 bridgehead atoms. The lowest BCUT2D eigenvalue weighted by Crippen LogP contribution is -2.20. The fraction of sp³-hybridized carbons (Fsp3) is 0.467. The zero-order chi connectivity index (χ0) is 15.0. The number of nitro benzene ring substituents is 1. The minimum absolute atomic E-state index is 0.0127. The first kappa shape index (κ1) is 16.2. The van der Waals surface area contributed by atoms with E-state index < -0.39 is 4.92 Å². The Morgan fingerprint density at radius 2 is 2.20 bits per heavy atom. The summed E-state index contributed by atoms with van der Waals surface area (Å²) >= 11 is 0. The number of nitrogens with one attached hydrogen (secondary N) is 1. The van der Waals surface area contributed by atoms with Crippen LogP contribution in [0.4, 0.5) is 5.69 Å². The standard InChI is InChI=1S/C15H22N2O3/c1-4-8-16-10-12(3)11-20-15-7-6-13(5-2)9-14(15)17(18)19/h6-7,9,16H,3-5,8,10-11H2,1-2H3. The van der Waals surface area contributed by atoms with Crippen LogP contribution < -0.4 is 10.1 Å². The van der Waals surface area contributed by atoms with E-state index in [4.69, 9.17) is 4.74 Å². The third-order valence-corrected chi connectivity index (χ3v) is 2.86. The van der Waals surface area contributed by atoms with Crippen molar-refractivity contribution in [2.75, 3.05) is 19.7 Å². The fourth-order valence-corrected chi connectivity index (χ4v) is 1.72. The van der Waals surface area contributed by atoms with Gasteiger partial charge in [-0.3, -0.25) is 10.1 Å². The van der Waals surface area contributed by atoms with Gasteiger partial charge in [0.15, 0.2) is 5.75 Å². The van der Waals surface area contributed by atoms with Gasteiger partial charge in [0, 0.05) is 12.6 Å². The van der Waals surface area contributed by atoms with Crippen molar-refractivity contribution in [2.45, 2.75) is 26.7 Å². The van der Waals surface area contributed by atoms with Crippen molar-refractivity contribution < 1.29 is 9.66 Å². The van der Waals surface area contributed by atoms with Crippen LogP contribution in [0, 0.1) is 10.1 Å². The van der Waals surface area contributed by atoms with Crippen LogP contribution in [0.3, 0.4) is 0 Å². The number of hydrogen-bond donors (Lipinski definition) is 1. The molecule has 0 spiro atoms. The first-order valence-electron chi connectivity index (χ1n) is 6.86. The first-order chi connectivity index (χ1) is 9.58. The molecular formula is C15H22N2O3. The van der Waals surface area contributed by atoms with Crippen molar-refractivity contribution >= 4 is 5.69 Å². The van der Waals surface area contributed by atoms with Crippen LogP contribution in [0.25, 0.3) is 0 Å². The molecule has 0 aliphatic heterocycles. The largest absolute Gasteiger partial charge is 0.482 e. The van der Waals surface area contributed by atoms with E-state index in [1.807, 2.05) is 13.0 Å². The van der Waals surface area contributed by atoms with Gasteiger partial charge >= 0.3 is 5.69 Å². The molecule has 5 nitrogen and oxygen atoms in total. The molecule has 0 saturated carbocycles. The van der Waals surface area contributed by atoms with E-state index >= 15 is 0 Å². The average molecular weight is 278 g/mol. The molecule has 0 saturated heterocycles. The lowest BCUT2D eigenvalue weighted by molar-refractivity contribution is -0.385. The van der Waals surface area contributed by atoms with Crippen LogP contribution in [0.2, 0.25) is 0 Å². The van der Waals surface area contributed by atoms with E-state index in [0.717, 1.165) is 30.5 Å². The third kappa shape index (κ3) is 5.01. The Morgan fingerprint density at radius 1 is 1.45 bits per heavy atom. The maximum atomic E-state index is 11.0. The van der Waals surface area contributed by atoms with Gasteiger partial charge in [-0.25, -0.2) is 0 Å². The van der Waals surface area contributed by atoms with Gasteiger partial charge in [-0.05, 0) is 36.6 Å². The minimum Gasteiger partial charge on any atom is -0.482 e. The maximum absolute atomic E-state index is 11.0. The van der Waals surface area contributed by atoms with Gasteiger partial charge in [0.25, 0.3) is 0 Å². The number of rotatable bonds is 9. The SMILES string of the molecule is C=C(CNCCC)COc1ccc(CC)cc1[N+](=O)[O-]. The second-order valence-corrected chi connectivity index (χ2v) is 4.63. The molecule has 0 aliphatic carbocycles. The number of benzene rings is 1. The molecule has 0 aliphatic rings. The van der Waals surface area contributed by atoms with E-state index in [-0.39, 0.29) is 12.3 Å². The summed E-state index contributed by atoms with van der Waals surface area (Å²) in [6.45, 7) is 9.80. The minimum atomic E-state index is -0.410. The molecule has 1 aromatic rings. The second kappa shape index (κ2) is 8.32. The van der Waals surface area contributed by atoms with Crippen LogP contribution in [0.5, 0.6) is 5.75 Å². The summed E-state index contributed by atoms with van der Waals surface area (Å²) in [5.74, 6) is 0.295. The Morgan fingerprint density at radius 3 is 2.80 bits per heavy atom. The van der Waals surface area contributed by atoms with Crippen LogP contribution >= 0.6 is 0 Å². The van der Waals surface area contributed by atoms with Crippen LogP contribution in [-0.2, 0) is 6.42 Å². The summed E-state index contributed by atoms with van der Waals surface area (Å²) in [5.41, 5.74) is 1.80. The summed E-state index contributed by atoms with van der Waals surface area (Å²) in [5, 5.41) is 14.2. The van der Waals surface area contributed by atoms with E-state index in [0.29, 0.717) is 12.3 Å². The highest BCUT2D eigenvalue weighted by molar-refractivity contribution is 5.48. The summed E-state index contributed by atoms with van der Waals surface area (Å²) in [4.78, 5) is 10.6. The molecule has 0 unspecified atom stereocenters. The molecule has 1 N–H and O–H groups in total. The number of ether oxygens (including phenoxy) is 1. The van der Waals surface area contributed by atoms with Crippen molar-refractivity contribution in [1.82, 2.24) is 5.32 Å². The normalized spacial score (nSPS) is 10.3. The highest BCUT2D eigenvalue weighted by atomic mass is 16.6. The molecule has 1 aromatic carbocycles. The van der Waals surface area contributed by atoms with Crippen molar-refractivity contribution in [3.63, 3.8) is 0 Å². The molecule has 0 heterocycles. The third-order valence-electron chi connectivity index (χ3n) is 2.86. The van der Waals surface area contributed by atoms with Crippen molar-refractivity contribution in [3.8, 4) is 5.75 Å². The second-order valence-electron chi connectivity index (χ2n) is 4.63. The lowest BCUT2D eigenvalue weighted by atomic mass is 10.1.